The number of amides is 2. The van der Waals surface area contributed by atoms with E-state index in [9.17, 15) is 9.59 Å². The van der Waals surface area contributed by atoms with Gasteiger partial charge in [-0.1, -0.05) is 53.9 Å². The van der Waals surface area contributed by atoms with E-state index in [1.165, 1.54) is 4.90 Å². The van der Waals surface area contributed by atoms with Crippen molar-refractivity contribution in [1.29, 1.82) is 0 Å². The van der Waals surface area contributed by atoms with Crippen LogP contribution in [0.5, 0.6) is 5.75 Å². The SMILES string of the molecule is CC[C@H](C)NC(=O)[C@@H](C)N(Cc1ccc(Cl)cc1Cl)C(=O)COc1cccc(Cl)c1. The summed E-state index contributed by atoms with van der Waals surface area (Å²) in [6.07, 6.45) is 0.785. The summed E-state index contributed by atoms with van der Waals surface area (Å²) in [6, 6.07) is 11.1. The summed E-state index contributed by atoms with van der Waals surface area (Å²) in [4.78, 5) is 27.1. The van der Waals surface area contributed by atoms with Crippen LogP contribution in [0.3, 0.4) is 0 Å². The van der Waals surface area contributed by atoms with Gasteiger partial charge in [-0.3, -0.25) is 9.59 Å². The van der Waals surface area contributed by atoms with E-state index in [4.69, 9.17) is 39.5 Å². The topological polar surface area (TPSA) is 58.6 Å². The minimum atomic E-state index is -0.721. The minimum Gasteiger partial charge on any atom is -0.484 e. The molecule has 0 aliphatic heterocycles. The zero-order valence-electron chi connectivity index (χ0n) is 17.1. The van der Waals surface area contributed by atoms with E-state index >= 15 is 0 Å². The lowest BCUT2D eigenvalue weighted by Crippen LogP contribution is -2.50. The smallest absolute Gasteiger partial charge is 0.261 e. The first-order valence-corrected chi connectivity index (χ1v) is 10.8. The third-order valence-electron chi connectivity index (χ3n) is 4.68. The Hall–Kier alpha value is -1.95. The highest BCUT2D eigenvalue weighted by molar-refractivity contribution is 6.35. The predicted molar refractivity (Wildman–Crippen MR) is 121 cm³/mol. The molecular formula is C22H25Cl3N2O3. The van der Waals surface area contributed by atoms with E-state index in [-0.39, 0.29) is 31.0 Å². The number of rotatable bonds is 9. The Bertz CT molecular complexity index is 892. The number of hydrogen-bond acceptors (Lipinski definition) is 3. The van der Waals surface area contributed by atoms with E-state index in [1.807, 2.05) is 13.8 Å². The zero-order valence-corrected chi connectivity index (χ0v) is 19.4. The average Bonchev–Trinajstić information content (AvgIpc) is 2.71. The van der Waals surface area contributed by atoms with Gasteiger partial charge in [-0.25, -0.2) is 0 Å². The minimum absolute atomic E-state index is 0.00117. The Morgan fingerprint density at radius 1 is 1.07 bits per heavy atom. The summed E-state index contributed by atoms with van der Waals surface area (Å²) in [6.45, 7) is 5.47. The predicted octanol–water partition coefficient (Wildman–Crippen LogP) is 5.36. The third-order valence-corrected chi connectivity index (χ3v) is 5.50. The third kappa shape index (κ3) is 7.08. The van der Waals surface area contributed by atoms with Gasteiger partial charge in [-0.15, -0.1) is 0 Å². The number of hydrogen-bond donors (Lipinski definition) is 1. The van der Waals surface area contributed by atoms with Gasteiger partial charge in [-0.05, 0) is 56.2 Å². The van der Waals surface area contributed by atoms with Crippen molar-refractivity contribution >= 4 is 46.6 Å². The lowest BCUT2D eigenvalue weighted by atomic mass is 10.1. The van der Waals surface area contributed by atoms with Gasteiger partial charge in [0.1, 0.15) is 11.8 Å². The molecule has 0 aromatic heterocycles. The summed E-state index contributed by atoms with van der Waals surface area (Å²) < 4.78 is 5.59. The number of carbonyl (C=O) groups is 2. The van der Waals surface area contributed by atoms with Crippen molar-refractivity contribution < 1.29 is 14.3 Å². The highest BCUT2D eigenvalue weighted by atomic mass is 35.5. The number of nitrogens with one attached hydrogen (secondary N) is 1. The van der Waals surface area contributed by atoms with E-state index in [0.29, 0.717) is 26.4 Å². The number of carbonyl (C=O) groups excluding carboxylic acids is 2. The fraction of sp³-hybridized carbons (Fsp3) is 0.364. The molecule has 2 rings (SSSR count). The van der Waals surface area contributed by atoms with Crippen LogP contribution in [-0.2, 0) is 16.1 Å². The first-order chi connectivity index (χ1) is 14.2. The zero-order chi connectivity index (χ0) is 22.3. The van der Waals surface area contributed by atoms with E-state index < -0.39 is 6.04 Å². The van der Waals surface area contributed by atoms with Gasteiger partial charge in [0.05, 0.1) is 0 Å². The summed E-state index contributed by atoms with van der Waals surface area (Å²) in [5.74, 6) is -0.129. The van der Waals surface area contributed by atoms with Crippen molar-refractivity contribution in [1.82, 2.24) is 10.2 Å². The second-order valence-electron chi connectivity index (χ2n) is 7.00. The lowest BCUT2D eigenvalue weighted by molar-refractivity contribution is -0.142. The molecule has 0 saturated heterocycles. The van der Waals surface area contributed by atoms with Crippen LogP contribution in [0.15, 0.2) is 42.5 Å². The molecule has 2 amide bonds. The Morgan fingerprint density at radius 3 is 2.40 bits per heavy atom. The van der Waals surface area contributed by atoms with Gasteiger partial charge >= 0.3 is 0 Å². The van der Waals surface area contributed by atoms with Crippen LogP contribution >= 0.6 is 34.8 Å². The van der Waals surface area contributed by atoms with Gasteiger partial charge in [0.25, 0.3) is 5.91 Å². The molecule has 8 heteroatoms. The normalized spacial score (nSPS) is 12.7. The largest absolute Gasteiger partial charge is 0.484 e. The van der Waals surface area contributed by atoms with Crippen LogP contribution < -0.4 is 10.1 Å². The molecule has 0 radical (unpaired) electrons. The monoisotopic (exact) mass is 470 g/mol. The van der Waals surface area contributed by atoms with E-state index in [2.05, 4.69) is 5.32 Å². The average molecular weight is 472 g/mol. The first kappa shape index (κ1) is 24.3. The van der Waals surface area contributed by atoms with Crippen molar-refractivity contribution in [2.45, 2.75) is 45.8 Å². The Balaban J connectivity index is 2.20. The molecule has 0 aliphatic rings. The molecule has 0 saturated carbocycles. The Kier molecular flexibility index (Phi) is 9.28. The molecule has 30 heavy (non-hydrogen) atoms. The van der Waals surface area contributed by atoms with Crippen LogP contribution in [0.4, 0.5) is 0 Å². The van der Waals surface area contributed by atoms with Crippen LogP contribution in [0.2, 0.25) is 15.1 Å². The molecule has 0 fully saturated rings. The Morgan fingerprint density at radius 2 is 1.77 bits per heavy atom. The second-order valence-corrected chi connectivity index (χ2v) is 8.28. The van der Waals surface area contributed by atoms with Crippen molar-refractivity contribution in [2.75, 3.05) is 6.61 Å². The summed E-state index contributed by atoms with van der Waals surface area (Å²) >= 11 is 18.2. The maximum atomic E-state index is 13.0. The van der Waals surface area contributed by atoms with E-state index in [1.54, 1.807) is 49.4 Å². The molecule has 2 aromatic carbocycles. The van der Waals surface area contributed by atoms with E-state index in [0.717, 1.165) is 6.42 Å². The summed E-state index contributed by atoms with van der Waals surface area (Å²) in [5.41, 5.74) is 0.681. The maximum Gasteiger partial charge on any atom is 0.261 e. The second kappa shape index (κ2) is 11.4. The molecule has 0 aliphatic carbocycles. The molecule has 2 aromatic rings. The van der Waals surface area contributed by atoms with Gasteiger partial charge in [0.15, 0.2) is 6.61 Å². The molecule has 5 nitrogen and oxygen atoms in total. The van der Waals surface area contributed by atoms with Gasteiger partial charge < -0.3 is 15.0 Å². The van der Waals surface area contributed by atoms with Crippen LogP contribution in [0.1, 0.15) is 32.8 Å². The fourth-order valence-corrected chi connectivity index (χ4v) is 3.31. The molecule has 162 valence electrons. The van der Waals surface area contributed by atoms with Gasteiger partial charge in [0, 0.05) is 27.7 Å². The van der Waals surface area contributed by atoms with Crippen molar-refractivity contribution in [3.63, 3.8) is 0 Å². The number of halogens is 3. The maximum absolute atomic E-state index is 13.0. The standard InChI is InChI=1S/C22H25Cl3N2O3/c1-4-14(2)26-22(29)15(3)27(12-16-8-9-18(24)11-20(16)25)21(28)13-30-19-7-5-6-17(23)10-19/h5-11,14-15H,4,12-13H2,1-3H3,(H,26,29)/t14-,15+/m0/s1. The molecule has 0 bridgehead atoms. The summed E-state index contributed by atoms with van der Waals surface area (Å²) in [7, 11) is 0. The lowest BCUT2D eigenvalue weighted by Gasteiger charge is -2.30. The molecule has 2 atom stereocenters. The molecule has 1 N–H and O–H groups in total. The van der Waals surface area contributed by atoms with Crippen molar-refractivity contribution in [3.8, 4) is 5.75 Å². The number of nitrogens with zero attached hydrogens (tertiary/aromatic N) is 1. The van der Waals surface area contributed by atoms with Crippen LogP contribution in [0.25, 0.3) is 0 Å². The van der Waals surface area contributed by atoms with Crippen molar-refractivity contribution in [3.05, 3.63) is 63.1 Å². The van der Waals surface area contributed by atoms with Crippen molar-refractivity contribution in [2.24, 2.45) is 0 Å². The molecule has 0 spiro atoms. The summed E-state index contributed by atoms with van der Waals surface area (Å²) in [5, 5.41) is 4.33. The quantitative estimate of drug-likeness (QED) is 0.536. The Labute approximate surface area is 192 Å². The van der Waals surface area contributed by atoms with Gasteiger partial charge in [0.2, 0.25) is 5.91 Å². The van der Waals surface area contributed by atoms with Crippen LogP contribution in [0, 0.1) is 0 Å². The van der Waals surface area contributed by atoms with Crippen LogP contribution in [-0.4, -0.2) is 35.4 Å². The number of benzene rings is 2. The first-order valence-electron chi connectivity index (χ1n) is 9.63. The highest BCUT2D eigenvalue weighted by Gasteiger charge is 2.27. The fourth-order valence-electron chi connectivity index (χ4n) is 2.67. The molecule has 0 heterocycles. The van der Waals surface area contributed by atoms with Gasteiger partial charge in [-0.2, -0.15) is 0 Å². The highest BCUT2D eigenvalue weighted by Crippen LogP contribution is 2.23. The number of ether oxygens (including phenoxy) is 1. The molecular weight excluding hydrogens is 447 g/mol. The molecule has 0 unspecified atom stereocenters.